The maximum absolute atomic E-state index is 12.2. The first kappa shape index (κ1) is 13.8. The molecule has 0 aliphatic carbocycles. The normalized spacial score (nSPS) is 19.5. The van der Waals surface area contributed by atoms with Gasteiger partial charge in [0.25, 0.3) is 5.56 Å². The second kappa shape index (κ2) is 6.02. The zero-order chi connectivity index (χ0) is 13.8. The van der Waals surface area contributed by atoms with Gasteiger partial charge in [0.2, 0.25) is 5.91 Å². The summed E-state index contributed by atoms with van der Waals surface area (Å²) >= 11 is 0. The van der Waals surface area contributed by atoms with E-state index >= 15 is 0 Å². The zero-order valence-corrected chi connectivity index (χ0v) is 11.5. The molecule has 0 N–H and O–H groups in total. The Labute approximate surface area is 112 Å². The summed E-state index contributed by atoms with van der Waals surface area (Å²) in [5, 5.41) is 0. The lowest BCUT2D eigenvalue weighted by Crippen LogP contribution is -2.47. The largest absolute Gasteiger partial charge is 0.375 e. The van der Waals surface area contributed by atoms with Crippen molar-refractivity contribution in [1.82, 2.24) is 9.47 Å². The first-order valence-corrected chi connectivity index (χ1v) is 6.67. The van der Waals surface area contributed by atoms with Gasteiger partial charge < -0.3 is 14.2 Å². The second-order valence-electron chi connectivity index (χ2n) is 4.87. The molecular formula is C14H20N2O3. The van der Waals surface area contributed by atoms with E-state index in [0.717, 1.165) is 6.42 Å². The molecule has 0 aromatic carbocycles. The maximum atomic E-state index is 12.2. The molecule has 1 amide bonds. The molecule has 0 saturated carbocycles. The third-order valence-electron chi connectivity index (χ3n) is 3.46. The van der Waals surface area contributed by atoms with E-state index in [2.05, 4.69) is 0 Å². The highest BCUT2D eigenvalue weighted by Gasteiger charge is 2.23. The fourth-order valence-corrected chi connectivity index (χ4v) is 2.22. The molecule has 0 radical (unpaired) electrons. The third kappa shape index (κ3) is 3.23. The van der Waals surface area contributed by atoms with Gasteiger partial charge in [-0.1, -0.05) is 13.0 Å². The minimum Gasteiger partial charge on any atom is -0.375 e. The Bertz CT molecular complexity index is 510. The van der Waals surface area contributed by atoms with Crippen molar-refractivity contribution < 1.29 is 9.53 Å². The van der Waals surface area contributed by atoms with Crippen LogP contribution in [0.5, 0.6) is 0 Å². The number of aryl methyl sites for hydroxylation is 1. The molecule has 19 heavy (non-hydrogen) atoms. The highest BCUT2D eigenvalue weighted by Crippen LogP contribution is 2.08. The molecule has 1 aromatic heterocycles. The van der Waals surface area contributed by atoms with Crippen LogP contribution >= 0.6 is 0 Å². The Morgan fingerprint density at radius 2 is 2.32 bits per heavy atom. The summed E-state index contributed by atoms with van der Waals surface area (Å²) in [6.07, 6.45) is 2.67. The van der Waals surface area contributed by atoms with E-state index in [-0.39, 0.29) is 24.1 Å². The molecule has 104 valence electrons. The number of aromatic nitrogens is 1. The van der Waals surface area contributed by atoms with Crippen molar-refractivity contribution in [2.24, 2.45) is 0 Å². The van der Waals surface area contributed by atoms with E-state index < -0.39 is 0 Å². The van der Waals surface area contributed by atoms with E-state index in [0.29, 0.717) is 25.3 Å². The first-order valence-electron chi connectivity index (χ1n) is 6.67. The van der Waals surface area contributed by atoms with Crippen LogP contribution in [0.15, 0.2) is 23.1 Å². The van der Waals surface area contributed by atoms with Gasteiger partial charge in [0, 0.05) is 24.8 Å². The van der Waals surface area contributed by atoms with Gasteiger partial charge in [0.1, 0.15) is 6.54 Å². The van der Waals surface area contributed by atoms with Gasteiger partial charge in [-0.2, -0.15) is 0 Å². The molecule has 1 aromatic rings. The summed E-state index contributed by atoms with van der Waals surface area (Å²) in [5.41, 5.74) is 0.555. The van der Waals surface area contributed by atoms with Gasteiger partial charge >= 0.3 is 0 Å². The lowest BCUT2D eigenvalue weighted by molar-refractivity contribution is -0.139. The predicted molar refractivity (Wildman–Crippen MR) is 72.1 cm³/mol. The number of rotatable bonds is 3. The Balaban J connectivity index is 2.04. The van der Waals surface area contributed by atoms with E-state index in [1.807, 2.05) is 6.92 Å². The van der Waals surface area contributed by atoms with Gasteiger partial charge in [-0.3, -0.25) is 9.59 Å². The molecule has 2 heterocycles. The zero-order valence-electron chi connectivity index (χ0n) is 11.5. The number of carbonyl (C=O) groups excluding carboxylic acids is 1. The topological polar surface area (TPSA) is 51.5 Å². The smallest absolute Gasteiger partial charge is 0.253 e. The summed E-state index contributed by atoms with van der Waals surface area (Å²) in [5.74, 6) is -0.0190. The van der Waals surface area contributed by atoms with Gasteiger partial charge in [0.15, 0.2) is 0 Å². The van der Waals surface area contributed by atoms with Crippen LogP contribution in [0, 0.1) is 6.92 Å². The molecule has 1 fully saturated rings. The third-order valence-corrected chi connectivity index (χ3v) is 3.46. The Kier molecular flexibility index (Phi) is 4.37. The van der Waals surface area contributed by atoms with Gasteiger partial charge in [0.05, 0.1) is 12.7 Å². The van der Waals surface area contributed by atoms with E-state index in [9.17, 15) is 9.59 Å². The number of hydrogen-bond acceptors (Lipinski definition) is 3. The summed E-state index contributed by atoms with van der Waals surface area (Å²) in [4.78, 5) is 25.9. The van der Waals surface area contributed by atoms with Crippen LogP contribution in [-0.4, -0.2) is 41.2 Å². The monoisotopic (exact) mass is 264 g/mol. The van der Waals surface area contributed by atoms with Crippen LogP contribution in [-0.2, 0) is 16.1 Å². The standard InChI is InChI=1S/C14H20N2O3/c1-3-12-9-15(7-8-19-12)13(17)10-16-6-4-5-11(2)14(16)18/h4-6,12H,3,7-10H2,1-2H3. The molecule has 0 spiro atoms. The molecule has 0 bridgehead atoms. The number of hydrogen-bond donors (Lipinski definition) is 0. The van der Waals surface area contributed by atoms with Crippen LogP contribution in [0.3, 0.4) is 0 Å². The number of pyridine rings is 1. The minimum absolute atomic E-state index is 0.0190. The molecule has 2 rings (SSSR count). The van der Waals surface area contributed by atoms with E-state index in [1.165, 1.54) is 4.57 Å². The first-order chi connectivity index (χ1) is 9.11. The quantitative estimate of drug-likeness (QED) is 0.811. The number of carbonyl (C=O) groups is 1. The average Bonchev–Trinajstić information content (AvgIpc) is 2.44. The average molecular weight is 264 g/mol. The Hall–Kier alpha value is -1.62. The number of ether oxygens (including phenoxy) is 1. The lowest BCUT2D eigenvalue weighted by Gasteiger charge is -2.32. The lowest BCUT2D eigenvalue weighted by atomic mass is 10.2. The molecule has 1 unspecified atom stereocenters. The van der Waals surface area contributed by atoms with Crippen LogP contribution in [0.4, 0.5) is 0 Å². The van der Waals surface area contributed by atoms with Crippen LogP contribution in [0.2, 0.25) is 0 Å². The maximum Gasteiger partial charge on any atom is 0.253 e. The summed E-state index contributed by atoms with van der Waals surface area (Å²) < 4.78 is 7.00. The van der Waals surface area contributed by atoms with Crippen molar-refractivity contribution in [3.8, 4) is 0 Å². The number of nitrogens with zero attached hydrogens (tertiary/aromatic N) is 2. The highest BCUT2D eigenvalue weighted by molar-refractivity contribution is 5.76. The van der Waals surface area contributed by atoms with Crippen molar-refractivity contribution in [1.29, 1.82) is 0 Å². The van der Waals surface area contributed by atoms with Crippen LogP contribution in [0.1, 0.15) is 18.9 Å². The molecule has 1 atom stereocenters. The van der Waals surface area contributed by atoms with Crippen molar-refractivity contribution in [2.75, 3.05) is 19.7 Å². The van der Waals surface area contributed by atoms with Crippen LogP contribution in [0.25, 0.3) is 0 Å². The fourth-order valence-electron chi connectivity index (χ4n) is 2.22. The van der Waals surface area contributed by atoms with E-state index in [4.69, 9.17) is 4.74 Å². The predicted octanol–water partition coefficient (Wildman–Crippen LogP) is 0.794. The molecule has 1 aliphatic heterocycles. The molecule has 1 saturated heterocycles. The fraction of sp³-hybridized carbons (Fsp3) is 0.571. The van der Waals surface area contributed by atoms with Crippen LogP contribution < -0.4 is 5.56 Å². The van der Waals surface area contributed by atoms with Crippen molar-refractivity contribution >= 4 is 5.91 Å². The second-order valence-corrected chi connectivity index (χ2v) is 4.87. The van der Waals surface area contributed by atoms with Crippen molar-refractivity contribution in [3.63, 3.8) is 0 Å². The van der Waals surface area contributed by atoms with Crippen molar-refractivity contribution in [3.05, 3.63) is 34.2 Å². The molecule has 1 aliphatic rings. The highest BCUT2D eigenvalue weighted by atomic mass is 16.5. The van der Waals surface area contributed by atoms with Gasteiger partial charge in [-0.05, 0) is 19.4 Å². The number of morpholine rings is 1. The number of amides is 1. The van der Waals surface area contributed by atoms with E-state index in [1.54, 1.807) is 30.2 Å². The Morgan fingerprint density at radius 1 is 1.53 bits per heavy atom. The Morgan fingerprint density at radius 3 is 3.05 bits per heavy atom. The summed E-state index contributed by atoms with van der Waals surface area (Å²) in [6, 6.07) is 3.54. The molecular weight excluding hydrogens is 244 g/mol. The van der Waals surface area contributed by atoms with Crippen molar-refractivity contribution in [2.45, 2.75) is 32.9 Å². The summed E-state index contributed by atoms with van der Waals surface area (Å²) in [6.45, 7) is 5.71. The van der Waals surface area contributed by atoms with Gasteiger partial charge in [-0.15, -0.1) is 0 Å². The SMILES string of the molecule is CCC1CN(C(=O)Cn2cccc(C)c2=O)CCO1. The molecule has 5 heteroatoms. The summed E-state index contributed by atoms with van der Waals surface area (Å²) in [7, 11) is 0. The minimum atomic E-state index is -0.101. The van der Waals surface area contributed by atoms with Gasteiger partial charge in [-0.25, -0.2) is 0 Å². The molecule has 5 nitrogen and oxygen atoms in total.